The smallest absolute Gasteiger partial charge is 0.326 e. The maximum Gasteiger partial charge on any atom is 0.326 e. The molecule has 1 N–H and O–H groups in total. The monoisotopic (exact) mass is 157 g/mol. The van der Waals surface area contributed by atoms with Gasteiger partial charge in [-0.1, -0.05) is 6.92 Å². The van der Waals surface area contributed by atoms with E-state index in [-0.39, 0.29) is 11.5 Å². The summed E-state index contributed by atoms with van der Waals surface area (Å²) >= 11 is 0. The van der Waals surface area contributed by atoms with Crippen molar-refractivity contribution in [3.63, 3.8) is 0 Å². The highest BCUT2D eigenvalue weighted by molar-refractivity contribution is 5.81. The number of carbonyl (C=O) groups is 1. The highest BCUT2D eigenvalue weighted by Crippen LogP contribution is 2.23. The van der Waals surface area contributed by atoms with Crippen molar-refractivity contribution in [3.8, 4) is 0 Å². The summed E-state index contributed by atoms with van der Waals surface area (Å²) in [5.41, 5.74) is -0.366. The molecule has 1 fully saturated rings. The van der Waals surface area contributed by atoms with Gasteiger partial charge in [0.15, 0.2) is 0 Å². The van der Waals surface area contributed by atoms with Gasteiger partial charge < -0.3 is 10.1 Å². The molecule has 1 saturated heterocycles. The fourth-order valence-electron chi connectivity index (χ4n) is 1.62. The average Bonchev–Trinajstić information content (AvgIpc) is 2.52. The second-order valence-electron chi connectivity index (χ2n) is 2.96. The summed E-state index contributed by atoms with van der Waals surface area (Å²) in [6.07, 6.45) is 2.80. The van der Waals surface area contributed by atoms with Crippen molar-refractivity contribution in [1.29, 1.82) is 0 Å². The van der Waals surface area contributed by atoms with Crippen molar-refractivity contribution in [2.24, 2.45) is 0 Å². The van der Waals surface area contributed by atoms with Gasteiger partial charge in [-0.25, -0.2) is 0 Å². The Morgan fingerprint density at radius 2 is 2.45 bits per heavy atom. The highest BCUT2D eigenvalue weighted by Gasteiger charge is 2.39. The van der Waals surface area contributed by atoms with Gasteiger partial charge in [-0.15, -0.1) is 0 Å². The summed E-state index contributed by atoms with van der Waals surface area (Å²) in [4.78, 5) is 11.3. The highest BCUT2D eigenvalue weighted by atomic mass is 16.5. The molecule has 0 aromatic carbocycles. The number of nitrogens with one attached hydrogen (secondary N) is 1. The second-order valence-corrected chi connectivity index (χ2v) is 2.96. The number of esters is 1. The predicted molar refractivity (Wildman–Crippen MR) is 42.3 cm³/mol. The minimum Gasteiger partial charge on any atom is -0.468 e. The topological polar surface area (TPSA) is 38.3 Å². The Kier molecular flexibility index (Phi) is 2.49. The number of hydrogen-bond donors (Lipinski definition) is 1. The van der Waals surface area contributed by atoms with Crippen LogP contribution in [0.5, 0.6) is 0 Å². The Hall–Kier alpha value is -0.570. The van der Waals surface area contributed by atoms with Crippen molar-refractivity contribution < 1.29 is 9.53 Å². The predicted octanol–water partition coefficient (Wildman–Crippen LogP) is 0.692. The van der Waals surface area contributed by atoms with Crippen molar-refractivity contribution in [2.45, 2.75) is 31.7 Å². The molecule has 0 amide bonds. The minimum absolute atomic E-state index is 0.113. The fraction of sp³-hybridized carbons (Fsp3) is 0.875. The molecule has 64 valence electrons. The lowest BCUT2D eigenvalue weighted by atomic mass is 9.95. The molecule has 3 nitrogen and oxygen atoms in total. The molecular weight excluding hydrogens is 142 g/mol. The Morgan fingerprint density at radius 3 is 2.82 bits per heavy atom. The van der Waals surface area contributed by atoms with Gasteiger partial charge in [-0.2, -0.15) is 0 Å². The Balaban J connectivity index is 2.66. The zero-order chi connectivity index (χ0) is 8.32. The number of rotatable bonds is 2. The van der Waals surface area contributed by atoms with Gasteiger partial charge in [0.1, 0.15) is 5.54 Å². The Bertz CT molecular complexity index is 150. The molecule has 1 unspecified atom stereocenters. The van der Waals surface area contributed by atoms with Crippen molar-refractivity contribution in [1.82, 2.24) is 5.32 Å². The normalized spacial score (nSPS) is 30.4. The van der Waals surface area contributed by atoms with E-state index in [1.165, 1.54) is 7.11 Å². The molecule has 0 aromatic rings. The van der Waals surface area contributed by atoms with Crippen LogP contribution in [-0.2, 0) is 9.53 Å². The van der Waals surface area contributed by atoms with Crippen LogP contribution in [0.15, 0.2) is 0 Å². The van der Waals surface area contributed by atoms with E-state index in [0.29, 0.717) is 0 Å². The molecule has 0 aromatic heterocycles. The first-order valence-corrected chi connectivity index (χ1v) is 4.08. The molecule has 0 saturated carbocycles. The third-order valence-corrected chi connectivity index (χ3v) is 2.42. The van der Waals surface area contributed by atoms with Crippen molar-refractivity contribution >= 4 is 5.97 Å². The summed E-state index contributed by atoms with van der Waals surface area (Å²) in [5, 5.41) is 3.20. The van der Waals surface area contributed by atoms with Gasteiger partial charge in [-0.05, 0) is 25.8 Å². The molecule has 0 radical (unpaired) electrons. The molecule has 11 heavy (non-hydrogen) atoms. The number of methoxy groups -OCH3 is 1. The molecule has 0 spiro atoms. The van der Waals surface area contributed by atoms with Crippen LogP contribution >= 0.6 is 0 Å². The molecule has 1 rings (SSSR count). The van der Waals surface area contributed by atoms with E-state index in [9.17, 15) is 4.79 Å². The van der Waals surface area contributed by atoms with Gasteiger partial charge in [-0.3, -0.25) is 4.79 Å². The molecule has 1 atom stereocenters. The first-order valence-electron chi connectivity index (χ1n) is 4.08. The lowest BCUT2D eigenvalue weighted by Gasteiger charge is -2.24. The summed E-state index contributed by atoms with van der Waals surface area (Å²) in [5.74, 6) is -0.113. The van der Waals surface area contributed by atoms with Crippen LogP contribution in [0.2, 0.25) is 0 Å². The van der Waals surface area contributed by atoms with Crippen LogP contribution in [0.4, 0.5) is 0 Å². The first kappa shape index (κ1) is 8.53. The standard InChI is InChI=1S/C8H15NO2/c1-3-8(7(10)11-2)5-4-6-9-8/h9H,3-6H2,1-2H3. The Morgan fingerprint density at radius 1 is 1.73 bits per heavy atom. The summed E-state index contributed by atoms with van der Waals surface area (Å²) in [7, 11) is 1.44. The van der Waals surface area contributed by atoms with Crippen molar-refractivity contribution in [3.05, 3.63) is 0 Å². The molecule has 1 heterocycles. The van der Waals surface area contributed by atoms with Gasteiger partial charge in [0, 0.05) is 0 Å². The first-order chi connectivity index (χ1) is 5.25. The van der Waals surface area contributed by atoms with Gasteiger partial charge in [0.25, 0.3) is 0 Å². The second kappa shape index (κ2) is 3.22. The quantitative estimate of drug-likeness (QED) is 0.599. The maximum atomic E-state index is 11.3. The van der Waals surface area contributed by atoms with Crippen LogP contribution in [0.1, 0.15) is 26.2 Å². The largest absolute Gasteiger partial charge is 0.468 e. The van der Waals surface area contributed by atoms with Gasteiger partial charge >= 0.3 is 5.97 Å². The van der Waals surface area contributed by atoms with Gasteiger partial charge in [0.05, 0.1) is 7.11 Å². The van der Waals surface area contributed by atoms with Crippen LogP contribution in [0.25, 0.3) is 0 Å². The number of ether oxygens (including phenoxy) is 1. The molecule has 1 aliphatic rings. The van der Waals surface area contributed by atoms with E-state index in [0.717, 1.165) is 25.8 Å². The average molecular weight is 157 g/mol. The van der Waals surface area contributed by atoms with Crippen molar-refractivity contribution in [2.75, 3.05) is 13.7 Å². The van der Waals surface area contributed by atoms with E-state index >= 15 is 0 Å². The summed E-state index contributed by atoms with van der Waals surface area (Å²) in [6.45, 7) is 2.94. The SMILES string of the molecule is CCC1(C(=O)OC)CCCN1. The molecule has 3 heteroatoms. The maximum absolute atomic E-state index is 11.3. The van der Waals surface area contributed by atoms with Gasteiger partial charge in [0.2, 0.25) is 0 Å². The fourth-order valence-corrected chi connectivity index (χ4v) is 1.62. The van der Waals surface area contributed by atoms with E-state index in [1.54, 1.807) is 0 Å². The third kappa shape index (κ3) is 1.38. The lowest BCUT2D eigenvalue weighted by molar-refractivity contribution is -0.148. The Labute approximate surface area is 67.1 Å². The van der Waals surface area contributed by atoms with E-state index in [4.69, 9.17) is 4.74 Å². The third-order valence-electron chi connectivity index (χ3n) is 2.42. The summed E-state index contributed by atoms with van der Waals surface area (Å²) in [6, 6.07) is 0. The lowest BCUT2D eigenvalue weighted by Crippen LogP contribution is -2.47. The van der Waals surface area contributed by atoms with Crippen LogP contribution in [-0.4, -0.2) is 25.2 Å². The molecular formula is C8H15NO2. The number of hydrogen-bond acceptors (Lipinski definition) is 3. The summed E-state index contributed by atoms with van der Waals surface area (Å²) < 4.78 is 4.73. The van der Waals surface area contributed by atoms with Crippen LogP contribution in [0, 0.1) is 0 Å². The van der Waals surface area contributed by atoms with E-state index in [2.05, 4.69) is 5.32 Å². The zero-order valence-corrected chi connectivity index (χ0v) is 7.14. The zero-order valence-electron chi connectivity index (χ0n) is 7.14. The number of carbonyl (C=O) groups excluding carboxylic acids is 1. The van der Waals surface area contributed by atoms with Crippen LogP contribution in [0.3, 0.4) is 0 Å². The molecule has 0 aliphatic carbocycles. The molecule has 0 bridgehead atoms. The molecule has 1 aliphatic heterocycles. The minimum atomic E-state index is -0.366. The van der Waals surface area contributed by atoms with Crippen LogP contribution < -0.4 is 5.32 Å². The van der Waals surface area contributed by atoms with E-state index < -0.39 is 0 Å². The van der Waals surface area contributed by atoms with E-state index in [1.807, 2.05) is 6.92 Å².